The molecule has 0 fully saturated rings. The summed E-state index contributed by atoms with van der Waals surface area (Å²) in [6.45, 7) is 20.4. The molecule has 0 aliphatic heterocycles. The Bertz CT molecular complexity index is 1220. The predicted molar refractivity (Wildman–Crippen MR) is 136 cm³/mol. The van der Waals surface area contributed by atoms with Crippen LogP contribution in [-0.4, -0.2) is 4.98 Å². The van der Waals surface area contributed by atoms with Crippen molar-refractivity contribution in [3.63, 3.8) is 0 Å². The molecule has 0 saturated carbocycles. The minimum Gasteiger partial charge on any atom is -0.248 e. The van der Waals surface area contributed by atoms with Crippen molar-refractivity contribution in [1.29, 1.82) is 0 Å². The second-order valence-corrected chi connectivity index (χ2v) is 11.2. The van der Waals surface area contributed by atoms with Crippen LogP contribution in [0.3, 0.4) is 0 Å². The highest BCUT2D eigenvalue weighted by Gasteiger charge is 2.21. The van der Waals surface area contributed by atoms with Crippen molar-refractivity contribution >= 4 is 21.8 Å². The number of nitrogens with zero attached hydrogens (tertiary/aromatic N) is 1. The molecule has 160 valence electrons. The molecule has 0 saturated heterocycles. The Hall–Kier alpha value is -2.67. The van der Waals surface area contributed by atoms with Crippen LogP contribution in [0.1, 0.15) is 69.4 Å². The Morgan fingerprint density at radius 2 is 0.968 bits per heavy atom. The summed E-state index contributed by atoms with van der Waals surface area (Å²) in [5.74, 6) is 0. The van der Waals surface area contributed by atoms with Gasteiger partial charge in [-0.1, -0.05) is 71.4 Å². The minimum atomic E-state index is 0.0883. The lowest BCUT2D eigenvalue weighted by molar-refractivity contribution is 0.591. The van der Waals surface area contributed by atoms with Crippen LogP contribution in [0.4, 0.5) is 0 Å². The molecule has 0 N–H and O–H groups in total. The van der Waals surface area contributed by atoms with E-state index in [4.69, 9.17) is 4.98 Å². The van der Waals surface area contributed by atoms with Gasteiger partial charge in [-0.05, 0) is 83.7 Å². The molecule has 0 bridgehead atoms. The molecule has 0 aliphatic carbocycles. The van der Waals surface area contributed by atoms with Crippen LogP contribution >= 0.6 is 0 Å². The van der Waals surface area contributed by atoms with Crippen molar-refractivity contribution in [3.8, 4) is 11.1 Å². The fourth-order valence-electron chi connectivity index (χ4n) is 4.72. The summed E-state index contributed by atoms with van der Waals surface area (Å²) < 4.78 is 0. The first kappa shape index (κ1) is 21.6. The molecule has 3 aromatic carbocycles. The van der Waals surface area contributed by atoms with Gasteiger partial charge in [0, 0.05) is 16.3 Å². The van der Waals surface area contributed by atoms with Gasteiger partial charge in [-0.15, -0.1) is 0 Å². The molecule has 1 heterocycles. The summed E-state index contributed by atoms with van der Waals surface area (Å²) in [6.07, 6.45) is 0. The lowest BCUT2D eigenvalue weighted by Crippen LogP contribution is -2.11. The highest BCUT2D eigenvalue weighted by molar-refractivity contribution is 6.11. The van der Waals surface area contributed by atoms with Crippen LogP contribution < -0.4 is 0 Å². The van der Waals surface area contributed by atoms with Gasteiger partial charge in [0.15, 0.2) is 0 Å². The molecular weight excluding hydrogens is 374 g/mol. The van der Waals surface area contributed by atoms with E-state index in [1.165, 1.54) is 49.7 Å². The molecule has 0 aliphatic rings. The average molecular weight is 410 g/mol. The molecule has 0 radical (unpaired) electrons. The van der Waals surface area contributed by atoms with E-state index in [9.17, 15) is 0 Å². The van der Waals surface area contributed by atoms with E-state index in [-0.39, 0.29) is 10.8 Å². The number of hydrogen-bond acceptors (Lipinski definition) is 1. The van der Waals surface area contributed by atoms with Crippen molar-refractivity contribution in [2.45, 2.75) is 73.1 Å². The van der Waals surface area contributed by atoms with Gasteiger partial charge in [0.05, 0.1) is 11.0 Å². The molecule has 1 aromatic heterocycles. The topological polar surface area (TPSA) is 12.9 Å². The zero-order chi connectivity index (χ0) is 22.7. The normalized spacial score (nSPS) is 12.7. The smallest absolute Gasteiger partial charge is 0.0716 e. The number of rotatable bonds is 1. The predicted octanol–water partition coefficient (Wildman–Crippen LogP) is 8.58. The summed E-state index contributed by atoms with van der Waals surface area (Å²) in [4.78, 5) is 5.09. The first-order valence-electron chi connectivity index (χ1n) is 11.3. The van der Waals surface area contributed by atoms with Crippen molar-refractivity contribution in [1.82, 2.24) is 4.98 Å². The van der Waals surface area contributed by atoms with E-state index < -0.39 is 0 Å². The molecule has 0 amide bonds. The monoisotopic (exact) mass is 409 g/mol. The number of aromatic nitrogens is 1. The standard InChI is InChI=1S/C30H35N/c1-18-14-19(2)27(20(3)15-18)28-23-16-21(29(4,5)6)10-12-25(23)31-26-13-11-22(17-24(26)28)30(7,8)9/h10-17H,1-9H3. The van der Waals surface area contributed by atoms with Crippen molar-refractivity contribution in [2.75, 3.05) is 0 Å². The SMILES string of the molecule is Cc1cc(C)c(-c2c3cc(C(C)(C)C)ccc3nc3ccc(C(C)(C)C)cc23)c(C)c1. The Morgan fingerprint density at radius 1 is 0.548 bits per heavy atom. The fourth-order valence-corrected chi connectivity index (χ4v) is 4.72. The van der Waals surface area contributed by atoms with E-state index in [1.54, 1.807) is 0 Å². The Labute approximate surface area is 187 Å². The largest absolute Gasteiger partial charge is 0.248 e. The maximum Gasteiger partial charge on any atom is 0.0716 e. The molecule has 4 rings (SSSR count). The zero-order valence-corrected chi connectivity index (χ0v) is 20.6. The lowest BCUT2D eigenvalue weighted by Gasteiger charge is -2.23. The lowest BCUT2D eigenvalue weighted by atomic mass is 9.82. The van der Waals surface area contributed by atoms with E-state index in [0.29, 0.717) is 0 Å². The van der Waals surface area contributed by atoms with Crippen LogP contribution in [-0.2, 0) is 10.8 Å². The van der Waals surface area contributed by atoms with Gasteiger partial charge < -0.3 is 0 Å². The third kappa shape index (κ3) is 3.87. The molecule has 4 aromatic rings. The van der Waals surface area contributed by atoms with Gasteiger partial charge in [0.25, 0.3) is 0 Å². The molecule has 0 unspecified atom stereocenters. The van der Waals surface area contributed by atoms with Crippen LogP contribution in [0.5, 0.6) is 0 Å². The average Bonchev–Trinajstić information content (AvgIpc) is 2.64. The first-order chi connectivity index (χ1) is 14.4. The van der Waals surface area contributed by atoms with Crippen molar-refractivity contribution in [3.05, 3.63) is 76.3 Å². The summed E-state index contributed by atoms with van der Waals surface area (Å²) in [7, 11) is 0. The van der Waals surface area contributed by atoms with E-state index in [1.807, 2.05) is 0 Å². The summed E-state index contributed by atoms with van der Waals surface area (Å²) in [5.41, 5.74) is 11.6. The van der Waals surface area contributed by atoms with E-state index in [2.05, 4.69) is 111 Å². The first-order valence-corrected chi connectivity index (χ1v) is 11.3. The van der Waals surface area contributed by atoms with Gasteiger partial charge in [0.2, 0.25) is 0 Å². The fraction of sp³-hybridized carbons (Fsp3) is 0.367. The minimum absolute atomic E-state index is 0.0883. The molecule has 1 heteroatoms. The quantitative estimate of drug-likeness (QED) is 0.287. The number of aryl methyl sites for hydroxylation is 3. The highest BCUT2D eigenvalue weighted by Crippen LogP contribution is 2.41. The maximum absolute atomic E-state index is 5.09. The number of benzene rings is 3. The molecule has 0 spiro atoms. The van der Waals surface area contributed by atoms with Gasteiger partial charge in [-0.3, -0.25) is 0 Å². The van der Waals surface area contributed by atoms with Gasteiger partial charge in [-0.25, -0.2) is 4.98 Å². The van der Waals surface area contributed by atoms with E-state index >= 15 is 0 Å². The third-order valence-corrected chi connectivity index (χ3v) is 6.43. The zero-order valence-electron chi connectivity index (χ0n) is 20.6. The molecular formula is C30H35N. The summed E-state index contributed by atoms with van der Waals surface area (Å²) in [5, 5.41) is 2.50. The number of hydrogen-bond donors (Lipinski definition) is 0. The van der Waals surface area contributed by atoms with E-state index in [0.717, 1.165) is 11.0 Å². The third-order valence-electron chi connectivity index (χ3n) is 6.43. The Balaban J connectivity index is 2.23. The molecule has 0 atom stereocenters. The maximum atomic E-state index is 5.09. The molecule has 31 heavy (non-hydrogen) atoms. The van der Waals surface area contributed by atoms with Crippen molar-refractivity contribution in [2.24, 2.45) is 0 Å². The van der Waals surface area contributed by atoms with Gasteiger partial charge in [0.1, 0.15) is 0 Å². The van der Waals surface area contributed by atoms with Crippen LogP contribution in [0.15, 0.2) is 48.5 Å². The molecule has 1 nitrogen and oxygen atoms in total. The van der Waals surface area contributed by atoms with Crippen LogP contribution in [0, 0.1) is 20.8 Å². The number of pyridine rings is 1. The van der Waals surface area contributed by atoms with Crippen LogP contribution in [0.25, 0.3) is 32.9 Å². The Kier molecular flexibility index (Phi) is 5.00. The second kappa shape index (κ2) is 7.19. The summed E-state index contributed by atoms with van der Waals surface area (Å²) in [6, 6.07) is 18.2. The van der Waals surface area contributed by atoms with Gasteiger partial charge >= 0.3 is 0 Å². The second-order valence-electron chi connectivity index (χ2n) is 11.2. The van der Waals surface area contributed by atoms with Gasteiger partial charge in [-0.2, -0.15) is 0 Å². The Morgan fingerprint density at radius 3 is 1.35 bits per heavy atom. The number of fused-ring (bicyclic) bond motifs is 2. The van der Waals surface area contributed by atoms with Crippen molar-refractivity contribution < 1.29 is 0 Å². The van der Waals surface area contributed by atoms with Crippen LogP contribution in [0.2, 0.25) is 0 Å². The summed E-state index contributed by atoms with van der Waals surface area (Å²) >= 11 is 0. The highest BCUT2D eigenvalue weighted by atomic mass is 14.7.